The van der Waals surface area contributed by atoms with Crippen molar-refractivity contribution in [3.63, 3.8) is 0 Å². The molecule has 0 saturated carbocycles. The number of carbonyl (C=O) groups is 2. The quantitative estimate of drug-likeness (QED) is 0.343. The van der Waals surface area contributed by atoms with Gasteiger partial charge in [0.1, 0.15) is 17.2 Å². The van der Waals surface area contributed by atoms with Crippen molar-refractivity contribution < 1.29 is 24.2 Å². The molecule has 0 atom stereocenters. The highest BCUT2D eigenvalue weighted by molar-refractivity contribution is 9.10. The zero-order chi connectivity index (χ0) is 22.5. The summed E-state index contributed by atoms with van der Waals surface area (Å²) >= 11 is 3.34. The lowest BCUT2D eigenvalue weighted by atomic mass is 10.1. The summed E-state index contributed by atoms with van der Waals surface area (Å²) in [6.07, 6.45) is 3.04. The van der Waals surface area contributed by atoms with Crippen molar-refractivity contribution in [2.45, 2.75) is 0 Å². The molecule has 0 radical (unpaired) electrons. The summed E-state index contributed by atoms with van der Waals surface area (Å²) in [5.74, 6) is -0.0405. The van der Waals surface area contributed by atoms with Crippen molar-refractivity contribution >= 4 is 27.7 Å². The van der Waals surface area contributed by atoms with Gasteiger partial charge in [-0.25, -0.2) is 9.48 Å². The van der Waals surface area contributed by atoms with E-state index in [1.165, 1.54) is 6.20 Å². The maximum atomic E-state index is 13.2. The number of halogens is 1. The largest absolute Gasteiger partial charge is 0.481 e. The van der Waals surface area contributed by atoms with Crippen LogP contribution in [0, 0.1) is 0 Å². The molecule has 0 spiro atoms. The number of carboxylic acid groups (broad SMARTS) is 1. The molecule has 160 valence electrons. The fraction of sp³-hybridized carbons (Fsp3) is 0.0417. The van der Waals surface area contributed by atoms with E-state index in [0.717, 1.165) is 0 Å². The number of aliphatic carboxylic acids is 1. The molecule has 8 heteroatoms. The van der Waals surface area contributed by atoms with Gasteiger partial charge in [-0.2, -0.15) is 5.10 Å². The lowest BCUT2D eigenvalue weighted by molar-refractivity contribution is -0.139. The van der Waals surface area contributed by atoms with E-state index in [1.54, 1.807) is 29.1 Å². The number of aromatic nitrogens is 2. The number of para-hydroxylation sites is 3. The molecule has 1 N–H and O–H groups in total. The Morgan fingerprint density at radius 2 is 1.72 bits per heavy atom. The Labute approximate surface area is 192 Å². The van der Waals surface area contributed by atoms with Crippen LogP contribution in [0.2, 0.25) is 0 Å². The summed E-state index contributed by atoms with van der Waals surface area (Å²) in [4.78, 5) is 24.0. The Kier molecular flexibility index (Phi) is 6.32. The fourth-order valence-corrected chi connectivity index (χ4v) is 3.38. The summed E-state index contributed by atoms with van der Waals surface area (Å²) in [7, 11) is 0. The summed E-state index contributed by atoms with van der Waals surface area (Å²) in [6, 6.07) is 21.5. The summed E-state index contributed by atoms with van der Waals surface area (Å²) < 4.78 is 13.5. The van der Waals surface area contributed by atoms with E-state index in [2.05, 4.69) is 21.0 Å². The minimum atomic E-state index is -1.13. The number of carboxylic acids is 1. The first-order valence-corrected chi connectivity index (χ1v) is 10.4. The van der Waals surface area contributed by atoms with Crippen LogP contribution in [0.15, 0.2) is 89.7 Å². The molecule has 0 aliphatic carbocycles. The molecule has 0 fully saturated rings. The van der Waals surface area contributed by atoms with E-state index in [1.807, 2.05) is 54.6 Å². The van der Waals surface area contributed by atoms with Gasteiger partial charge >= 0.3 is 5.97 Å². The zero-order valence-electron chi connectivity index (χ0n) is 16.6. The molecular weight excluding hydrogens is 476 g/mol. The standard InChI is InChI=1S/C24H17BrN2O5/c25-17-10-11-21(31-15-23(28)29)19(12-17)24(30)16-13-26-27(14-16)20-8-4-5-9-22(20)32-18-6-2-1-3-7-18/h1-14H,15H2,(H,28,29). The molecule has 0 unspecified atom stereocenters. The van der Waals surface area contributed by atoms with E-state index in [0.29, 0.717) is 27.2 Å². The topological polar surface area (TPSA) is 90.7 Å². The first kappa shape index (κ1) is 21.3. The highest BCUT2D eigenvalue weighted by atomic mass is 79.9. The lowest BCUT2D eigenvalue weighted by Gasteiger charge is -2.11. The van der Waals surface area contributed by atoms with E-state index in [-0.39, 0.29) is 17.1 Å². The SMILES string of the molecule is O=C(O)COc1ccc(Br)cc1C(=O)c1cnn(-c2ccccc2Oc2ccccc2)c1. The molecule has 7 nitrogen and oxygen atoms in total. The first-order valence-electron chi connectivity index (χ1n) is 9.57. The Bertz CT molecular complexity index is 1270. The predicted molar refractivity (Wildman–Crippen MR) is 121 cm³/mol. The van der Waals surface area contributed by atoms with Gasteiger partial charge in [0.05, 0.1) is 17.3 Å². The Hall–Kier alpha value is -3.91. The summed E-state index contributed by atoms with van der Waals surface area (Å²) in [5, 5.41) is 13.2. The van der Waals surface area contributed by atoms with Gasteiger partial charge < -0.3 is 14.6 Å². The third kappa shape index (κ3) is 4.87. The second-order valence-corrected chi connectivity index (χ2v) is 7.62. The van der Waals surface area contributed by atoms with Crippen LogP contribution < -0.4 is 9.47 Å². The van der Waals surface area contributed by atoms with Crippen LogP contribution in [-0.4, -0.2) is 33.2 Å². The van der Waals surface area contributed by atoms with Crippen molar-refractivity contribution in [3.8, 4) is 22.9 Å². The number of hydrogen-bond acceptors (Lipinski definition) is 5. The molecule has 4 rings (SSSR count). The smallest absolute Gasteiger partial charge is 0.341 e. The van der Waals surface area contributed by atoms with Gasteiger partial charge in [-0.15, -0.1) is 0 Å². The molecule has 32 heavy (non-hydrogen) atoms. The van der Waals surface area contributed by atoms with E-state index in [9.17, 15) is 9.59 Å². The minimum absolute atomic E-state index is 0.182. The maximum absolute atomic E-state index is 13.2. The average molecular weight is 493 g/mol. The van der Waals surface area contributed by atoms with Crippen LogP contribution in [0.4, 0.5) is 0 Å². The maximum Gasteiger partial charge on any atom is 0.341 e. The normalized spacial score (nSPS) is 10.5. The van der Waals surface area contributed by atoms with Gasteiger partial charge in [0, 0.05) is 10.7 Å². The molecule has 4 aromatic rings. The lowest BCUT2D eigenvalue weighted by Crippen LogP contribution is -2.12. The van der Waals surface area contributed by atoms with E-state index in [4.69, 9.17) is 14.6 Å². The summed E-state index contributed by atoms with van der Waals surface area (Å²) in [5.41, 5.74) is 1.21. The van der Waals surface area contributed by atoms with Crippen molar-refractivity contribution in [2.75, 3.05) is 6.61 Å². The molecule has 1 heterocycles. The average Bonchev–Trinajstić information content (AvgIpc) is 3.29. The predicted octanol–water partition coefficient (Wildman–Crippen LogP) is 5.12. The van der Waals surface area contributed by atoms with Crippen molar-refractivity contribution in [1.82, 2.24) is 9.78 Å². The van der Waals surface area contributed by atoms with Gasteiger partial charge in [-0.3, -0.25) is 4.79 Å². The molecule has 0 saturated heterocycles. The van der Waals surface area contributed by atoms with Crippen LogP contribution in [0.25, 0.3) is 5.69 Å². The van der Waals surface area contributed by atoms with Crippen molar-refractivity contribution in [2.24, 2.45) is 0 Å². The van der Waals surface area contributed by atoms with Gasteiger partial charge in [-0.1, -0.05) is 46.3 Å². The molecule has 0 amide bonds. The summed E-state index contributed by atoms with van der Waals surface area (Å²) in [6.45, 7) is -0.550. The Morgan fingerprint density at radius 1 is 0.969 bits per heavy atom. The second kappa shape index (κ2) is 9.49. The second-order valence-electron chi connectivity index (χ2n) is 6.71. The minimum Gasteiger partial charge on any atom is -0.481 e. The highest BCUT2D eigenvalue weighted by Gasteiger charge is 2.19. The highest BCUT2D eigenvalue weighted by Crippen LogP contribution is 2.29. The molecule has 0 aliphatic heterocycles. The Balaban J connectivity index is 1.64. The zero-order valence-corrected chi connectivity index (χ0v) is 18.2. The molecular formula is C24H17BrN2O5. The van der Waals surface area contributed by atoms with Gasteiger partial charge in [0.15, 0.2) is 18.1 Å². The van der Waals surface area contributed by atoms with Gasteiger partial charge in [0.2, 0.25) is 0 Å². The van der Waals surface area contributed by atoms with E-state index < -0.39 is 12.6 Å². The third-order valence-electron chi connectivity index (χ3n) is 4.47. The third-order valence-corrected chi connectivity index (χ3v) is 4.96. The number of benzene rings is 3. The van der Waals surface area contributed by atoms with Crippen LogP contribution in [0.5, 0.6) is 17.2 Å². The number of ketones is 1. The number of ether oxygens (including phenoxy) is 2. The molecule has 0 bridgehead atoms. The molecule has 3 aromatic carbocycles. The van der Waals surface area contributed by atoms with Crippen molar-refractivity contribution in [1.29, 1.82) is 0 Å². The van der Waals surface area contributed by atoms with E-state index >= 15 is 0 Å². The monoisotopic (exact) mass is 492 g/mol. The number of nitrogens with zero attached hydrogens (tertiary/aromatic N) is 2. The van der Waals surface area contributed by atoms with Crippen LogP contribution in [-0.2, 0) is 4.79 Å². The van der Waals surface area contributed by atoms with Crippen molar-refractivity contribution in [3.05, 3.63) is 101 Å². The van der Waals surface area contributed by atoms with Crippen LogP contribution >= 0.6 is 15.9 Å². The number of rotatable bonds is 8. The number of hydrogen-bond donors (Lipinski definition) is 1. The number of carbonyl (C=O) groups excluding carboxylic acids is 1. The molecule has 1 aromatic heterocycles. The fourth-order valence-electron chi connectivity index (χ4n) is 3.02. The van der Waals surface area contributed by atoms with Crippen LogP contribution in [0.1, 0.15) is 15.9 Å². The van der Waals surface area contributed by atoms with Crippen LogP contribution in [0.3, 0.4) is 0 Å². The first-order chi connectivity index (χ1) is 15.5. The Morgan fingerprint density at radius 3 is 2.50 bits per heavy atom. The molecule has 0 aliphatic rings. The van der Waals surface area contributed by atoms with Gasteiger partial charge in [0.25, 0.3) is 0 Å². The van der Waals surface area contributed by atoms with Gasteiger partial charge in [-0.05, 0) is 42.5 Å².